The lowest BCUT2D eigenvalue weighted by molar-refractivity contribution is 0.304. The van der Waals surface area contributed by atoms with Gasteiger partial charge in [0.15, 0.2) is 0 Å². The van der Waals surface area contributed by atoms with Crippen LogP contribution in [0.2, 0.25) is 0 Å². The lowest BCUT2D eigenvalue weighted by Gasteiger charge is -2.17. The van der Waals surface area contributed by atoms with Crippen molar-refractivity contribution in [3.63, 3.8) is 0 Å². The van der Waals surface area contributed by atoms with Gasteiger partial charge < -0.3 is 4.74 Å². The molecule has 0 saturated carbocycles. The van der Waals surface area contributed by atoms with Crippen molar-refractivity contribution in [2.75, 3.05) is 26.7 Å². The Labute approximate surface area is 75.2 Å². The van der Waals surface area contributed by atoms with Crippen LogP contribution in [0.15, 0.2) is 12.3 Å². The highest BCUT2D eigenvalue weighted by molar-refractivity contribution is 4.87. The third kappa shape index (κ3) is 2.86. The van der Waals surface area contributed by atoms with Gasteiger partial charge in [-0.3, -0.25) is 4.90 Å². The quantitative estimate of drug-likeness (QED) is 0.598. The highest BCUT2D eigenvalue weighted by Crippen LogP contribution is 2.28. The van der Waals surface area contributed by atoms with Crippen LogP contribution >= 0.6 is 0 Å². The summed E-state index contributed by atoms with van der Waals surface area (Å²) in [6.07, 6.45) is 5.14. The fourth-order valence-corrected chi connectivity index (χ4v) is 1.67. The van der Waals surface area contributed by atoms with Gasteiger partial charge in [0.2, 0.25) is 0 Å². The van der Waals surface area contributed by atoms with E-state index in [9.17, 15) is 0 Å². The molecule has 2 nitrogen and oxygen atoms in total. The van der Waals surface area contributed by atoms with Gasteiger partial charge in [-0.05, 0) is 24.5 Å². The Morgan fingerprint density at radius 2 is 2.25 bits per heavy atom. The zero-order chi connectivity index (χ0) is 9.03. The normalized spacial score (nSPS) is 23.6. The van der Waals surface area contributed by atoms with Crippen molar-refractivity contribution in [3.8, 4) is 0 Å². The van der Waals surface area contributed by atoms with Crippen molar-refractivity contribution < 1.29 is 4.74 Å². The second-order valence-electron chi connectivity index (χ2n) is 4.26. The van der Waals surface area contributed by atoms with Gasteiger partial charge in [0.25, 0.3) is 0 Å². The summed E-state index contributed by atoms with van der Waals surface area (Å²) in [4.78, 5) is 2.45. The molecule has 0 atom stereocenters. The van der Waals surface area contributed by atoms with E-state index >= 15 is 0 Å². The highest BCUT2D eigenvalue weighted by atomic mass is 16.5. The van der Waals surface area contributed by atoms with E-state index in [1.165, 1.54) is 19.5 Å². The number of hydrogen-bond donors (Lipinski definition) is 0. The average Bonchev–Trinajstić information content (AvgIpc) is 2.31. The van der Waals surface area contributed by atoms with Crippen molar-refractivity contribution in [2.45, 2.75) is 20.3 Å². The Balaban J connectivity index is 2.24. The lowest BCUT2D eigenvalue weighted by Crippen LogP contribution is -2.23. The van der Waals surface area contributed by atoms with Crippen molar-refractivity contribution in [1.29, 1.82) is 0 Å². The predicted octanol–water partition coefficient (Wildman–Crippen LogP) is 1.88. The van der Waals surface area contributed by atoms with Crippen LogP contribution in [0.5, 0.6) is 0 Å². The van der Waals surface area contributed by atoms with E-state index in [-0.39, 0.29) is 0 Å². The number of nitrogens with zero attached hydrogens (tertiary/aromatic N) is 1. The standard InChI is InChI=1S/C10H19NO/c1-10(2)5-7-11(9-10)6-4-8-12-3/h4,8H,5-7,9H2,1-3H3/b8-4+. The van der Waals surface area contributed by atoms with Crippen LogP contribution in [0.3, 0.4) is 0 Å². The van der Waals surface area contributed by atoms with Gasteiger partial charge in [-0.15, -0.1) is 0 Å². The van der Waals surface area contributed by atoms with Crippen molar-refractivity contribution in [2.24, 2.45) is 5.41 Å². The van der Waals surface area contributed by atoms with E-state index in [1.54, 1.807) is 13.4 Å². The molecule has 0 aliphatic carbocycles. The molecule has 0 bridgehead atoms. The Bertz CT molecular complexity index is 163. The van der Waals surface area contributed by atoms with Gasteiger partial charge >= 0.3 is 0 Å². The number of likely N-dealkylation sites (tertiary alicyclic amines) is 1. The Morgan fingerprint density at radius 3 is 2.75 bits per heavy atom. The second kappa shape index (κ2) is 3.94. The van der Waals surface area contributed by atoms with E-state index in [0.29, 0.717) is 5.41 Å². The summed E-state index contributed by atoms with van der Waals surface area (Å²) in [5, 5.41) is 0. The summed E-state index contributed by atoms with van der Waals surface area (Å²) in [6, 6.07) is 0. The molecule has 1 fully saturated rings. The van der Waals surface area contributed by atoms with Crippen molar-refractivity contribution >= 4 is 0 Å². The summed E-state index contributed by atoms with van der Waals surface area (Å²) in [6.45, 7) is 8.11. The smallest absolute Gasteiger partial charge is 0.0797 e. The number of methoxy groups -OCH3 is 1. The predicted molar refractivity (Wildman–Crippen MR) is 51.0 cm³/mol. The molecule has 1 saturated heterocycles. The zero-order valence-electron chi connectivity index (χ0n) is 8.34. The summed E-state index contributed by atoms with van der Waals surface area (Å²) in [5.74, 6) is 0. The van der Waals surface area contributed by atoms with Crippen LogP contribution in [-0.4, -0.2) is 31.6 Å². The average molecular weight is 169 g/mol. The third-order valence-electron chi connectivity index (χ3n) is 2.35. The molecule has 0 amide bonds. The second-order valence-corrected chi connectivity index (χ2v) is 4.26. The zero-order valence-corrected chi connectivity index (χ0v) is 8.34. The summed E-state index contributed by atoms with van der Waals surface area (Å²) in [7, 11) is 1.68. The molecule has 70 valence electrons. The van der Waals surface area contributed by atoms with E-state index in [0.717, 1.165) is 6.54 Å². The van der Waals surface area contributed by atoms with Crippen LogP contribution in [0.1, 0.15) is 20.3 Å². The molecule has 1 aliphatic rings. The largest absolute Gasteiger partial charge is 0.505 e. The maximum absolute atomic E-state index is 4.85. The maximum atomic E-state index is 4.85. The Hall–Kier alpha value is -0.500. The Kier molecular flexibility index (Phi) is 3.15. The van der Waals surface area contributed by atoms with Crippen LogP contribution in [0, 0.1) is 5.41 Å². The number of rotatable bonds is 3. The monoisotopic (exact) mass is 169 g/mol. The van der Waals surface area contributed by atoms with Gasteiger partial charge in [0.1, 0.15) is 0 Å². The molecule has 0 spiro atoms. The topological polar surface area (TPSA) is 12.5 Å². The van der Waals surface area contributed by atoms with Crippen molar-refractivity contribution in [1.82, 2.24) is 4.90 Å². The van der Waals surface area contributed by atoms with Crippen LogP contribution < -0.4 is 0 Å². The number of ether oxygens (including phenoxy) is 1. The Morgan fingerprint density at radius 1 is 1.50 bits per heavy atom. The third-order valence-corrected chi connectivity index (χ3v) is 2.35. The fourth-order valence-electron chi connectivity index (χ4n) is 1.67. The van der Waals surface area contributed by atoms with Gasteiger partial charge in [-0.25, -0.2) is 0 Å². The van der Waals surface area contributed by atoms with Crippen LogP contribution in [0.25, 0.3) is 0 Å². The lowest BCUT2D eigenvalue weighted by atomic mass is 9.93. The first-order chi connectivity index (χ1) is 5.64. The highest BCUT2D eigenvalue weighted by Gasteiger charge is 2.27. The molecule has 0 aromatic rings. The molecular formula is C10H19NO. The summed E-state index contributed by atoms with van der Waals surface area (Å²) >= 11 is 0. The van der Waals surface area contributed by atoms with Crippen LogP contribution in [0.4, 0.5) is 0 Å². The minimum absolute atomic E-state index is 0.515. The number of hydrogen-bond acceptors (Lipinski definition) is 2. The minimum atomic E-state index is 0.515. The molecule has 0 aromatic carbocycles. The van der Waals surface area contributed by atoms with E-state index < -0.39 is 0 Å². The minimum Gasteiger partial charge on any atom is -0.505 e. The molecule has 0 radical (unpaired) electrons. The molecule has 0 unspecified atom stereocenters. The molecule has 0 N–H and O–H groups in total. The molecule has 0 aromatic heterocycles. The van der Waals surface area contributed by atoms with Gasteiger partial charge in [-0.1, -0.05) is 13.8 Å². The molecule has 1 rings (SSSR count). The molecular weight excluding hydrogens is 150 g/mol. The SMILES string of the molecule is CO/C=C/CN1CCC(C)(C)C1. The van der Waals surface area contributed by atoms with Gasteiger partial charge in [0, 0.05) is 13.1 Å². The van der Waals surface area contributed by atoms with Gasteiger partial charge in [-0.2, -0.15) is 0 Å². The fraction of sp³-hybridized carbons (Fsp3) is 0.800. The van der Waals surface area contributed by atoms with Gasteiger partial charge in [0.05, 0.1) is 13.4 Å². The van der Waals surface area contributed by atoms with Crippen LogP contribution in [-0.2, 0) is 4.74 Å². The first kappa shape index (κ1) is 9.59. The van der Waals surface area contributed by atoms with E-state index in [2.05, 4.69) is 24.8 Å². The molecule has 12 heavy (non-hydrogen) atoms. The molecule has 1 heterocycles. The first-order valence-corrected chi connectivity index (χ1v) is 4.54. The summed E-state index contributed by atoms with van der Waals surface area (Å²) < 4.78 is 4.85. The molecule has 2 heteroatoms. The molecule has 1 aliphatic heterocycles. The maximum Gasteiger partial charge on any atom is 0.0797 e. The summed E-state index contributed by atoms with van der Waals surface area (Å²) in [5.41, 5.74) is 0.515. The van der Waals surface area contributed by atoms with E-state index in [4.69, 9.17) is 4.74 Å². The van der Waals surface area contributed by atoms with E-state index in [1.807, 2.05) is 0 Å². The van der Waals surface area contributed by atoms with Crippen molar-refractivity contribution in [3.05, 3.63) is 12.3 Å². The first-order valence-electron chi connectivity index (χ1n) is 4.54.